The minimum absolute atomic E-state index is 0. The molecule has 0 aliphatic heterocycles. The summed E-state index contributed by atoms with van der Waals surface area (Å²) in [6.07, 6.45) is 0.803. The van der Waals surface area contributed by atoms with Gasteiger partial charge in [0.1, 0.15) is 5.76 Å². The number of nitrogens with zero attached hydrogens (tertiary/aromatic N) is 1. The van der Waals surface area contributed by atoms with Crippen molar-refractivity contribution in [1.29, 1.82) is 0 Å². The molecule has 1 heterocycles. The van der Waals surface area contributed by atoms with Gasteiger partial charge in [0.05, 0.1) is 0 Å². The van der Waals surface area contributed by atoms with Crippen LogP contribution in [0, 0.1) is 12.3 Å². The van der Waals surface area contributed by atoms with Gasteiger partial charge >= 0.3 is 0 Å². The SMILES string of the molecule is CCc1oc(C(=O)N(C)CC(C)(C)CN)cc1C.Cl. The van der Waals surface area contributed by atoms with Crippen molar-refractivity contribution in [2.24, 2.45) is 11.1 Å². The van der Waals surface area contributed by atoms with Gasteiger partial charge in [-0.1, -0.05) is 20.8 Å². The Kier molecular flexibility index (Phi) is 6.60. The first-order chi connectivity index (χ1) is 8.30. The van der Waals surface area contributed by atoms with Crippen LogP contribution in [0.3, 0.4) is 0 Å². The molecule has 0 bridgehead atoms. The highest BCUT2D eigenvalue weighted by Crippen LogP contribution is 2.19. The monoisotopic (exact) mass is 288 g/mol. The zero-order valence-electron chi connectivity index (χ0n) is 12.4. The first-order valence-electron chi connectivity index (χ1n) is 6.35. The van der Waals surface area contributed by atoms with Crippen LogP contribution in [0.1, 0.15) is 42.6 Å². The fraction of sp³-hybridized carbons (Fsp3) is 0.643. The van der Waals surface area contributed by atoms with Gasteiger partial charge in [-0.05, 0) is 30.5 Å². The molecule has 0 saturated carbocycles. The molecule has 1 aromatic rings. The summed E-state index contributed by atoms with van der Waals surface area (Å²) in [7, 11) is 1.78. The lowest BCUT2D eigenvalue weighted by Crippen LogP contribution is -2.39. The number of carbonyl (C=O) groups excluding carboxylic acids is 1. The summed E-state index contributed by atoms with van der Waals surface area (Å²) in [5.74, 6) is 1.21. The van der Waals surface area contributed by atoms with Crippen molar-refractivity contribution in [2.45, 2.75) is 34.1 Å². The highest BCUT2D eigenvalue weighted by atomic mass is 35.5. The van der Waals surface area contributed by atoms with Crippen molar-refractivity contribution in [3.8, 4) is 0 Å². The molecule has 4 nitrogen and oxygen atoms in total. The molecular formula is C14H25ClN2O2. The van der Waals surface area contributed by atoms with Crippen molar-refractivity contribution in [2.75, 3.05) is 20.1 Å². The number of amides is 1. The first-order valence-corrected chi connectivity index (χ1v) is 6.35. The van der Waals surface area contributed by atoms with E-state index in [2.05, 4.69) is 0 Å². The Morgan fingerprint density at radius 2 is 2.05 bits per heavy atom. The maximum Gasteiger partial charge on any atom is 0.289 e. The van der Waals surface area contributed by atoms with Crippen molar-refractivity contribution in [1.82, 2.24) is 4.90 Å². The van der Waals surface area contributed by atoms with Crippen LogP contribution >= 0.6 is 12.4 Å². The van der Waals surface area contributed by atoms with Crippen LogP contribution in [0.4, 0.5) is 0 Å². The average Bonchev–Trinajstić information content (AvgIpc) is 2.69. The third kappa shape index (κ3) is 4.55. The second-order valence-electron chi connectivity index (χ2n) is 5.60. The summed E-state index contributed by atoms with van der Waals surface area (Å²) >= 11 is 0. The van der Waals surface area contributed by atoms with Crippen LogP contribution in [-0.4, -0.2) is 30.9 Å². The molecule has 1 aromatic heterocycles. The molecule has 0 aliphatic rings. The topological polar surface area (TPSA) is 59.5 Å². The van der Waals surface area contributed by atoms with E-state index in [1.165, 1.54) is 0 Å². The lowest BCUT2D eigenvalue weighted by Gasteiger charge is -2.28. The number of nitrogens with two attached hydrogens (primary N) is 1. The Labute approximate surface area is 121 Å². The van der Waals surface area contributed by atoms with E-state index in [1.807, 2.05) is 33.8 Å². The largest absolute Gasteiger partial charge is 0.456 e. The van der Waals surface area contributed by atoms with Crippen molar-refractivity contribution < 1.29 is 9.21 Å². The van der Waals surface area contributed by atoms with Crippen molar-refractivity contribution in [3.63, 3.8) is 0 Å². The standard InChI is InChI=1S/C14H24N2O2.ClH/c1-6-11-10(2)7-12(18-11)13(17)16(5)9-14(3,4)8-15;/h7H,6,8-9,15H2,1-5H3;1H. The van der Waals surface area contributed by atoms with Crippen LogP contribution in [0.25, 0.3) is 0 Å². The molecular weight excluding hydrogens is 264 g/mol. The second kappa shape index (κ2) is 6.96. The van der Waals surface area contributed by atoms with Gasteiger partial charge in [0.25, 0.3) is 5.91 Å². The van der Waals surface area contributed by atoms with Gasteiger partial charge in [0.2, 0.25) is 0 Å². The molecule has 1 rings (SSSR count). The third-order valence-electron chi connectivity index (χ3n) is 3.12. The molecule has 0 spiro atoms. The molecule has 1 amide bonds. The number of hydrogen-bond donors (Lipinski definition) is 1. The minimum Gasteiger partial charge on any atom is -0.456 e. The van der Waals surface area contributed by atoms with Crippen molar-refractivity contribution in [3.05, 3.63) is 23.2 Å². The van der Waals surface area contributed by atoms with E-state index in [9.17, 15) is 4.79 Å². The van der Waals surface area contributed by atoms with E-state index in [4.69, 9.17) is 10.2 Å². The number of furan rings is 1. The molecule has 5 heteroatoms. The van der Waals surface area contributed by atoms with E-state index >= 15 is 0 Å². The van der Waals surface area contributed by atoms with E-state index in [0.29, 0.717) is 18.8 Å². The molecule has 0 atom stereocenters. The lowest BCUT2D eigenvalue weighted by molar-refractivity contribution is 0.0707. The molecule has 0 fully saturated rings. The normalized spacial score (nSPS) is 11.1. The van der Waals surface area contributed by atoms with E-state index in [0.717, 1.165) is 17.7 Å². The first kappa shape index (κ1) is 18.0. The molecule has 2 N–H and O–H groups in total. The summed E-state index contributed by atoms with van der Waals surface area (Å²) in [6.45, 7) is 9.22. The average molecular weight is 289 g/mol. The highest BCUT2D eigenvalue weighted by Gasteiger charge is 2.24. The van der Waals surface area contributed by atoms with Gasteiger partial charge in [-0.3, -0.25) is 4.79 Å². The summed E-state index contributed by atoms with van der Waals surface area (Å²) in [5, 5.41) is 0. The smallest absolute Gasteiger partial charge is 0.289 e. The fourth-order valence-electron chi connectivity index (χ4n) is 1.94. The number of aryl methyl sites for hydroxylation is 2. The van der Waals surface area contributed by atoms with Crippen LogP contribution < -0.4 is 5.73 Å². The predicted octanol–water partition coefficient (Wildman–Crippen LogP) is 2.63. The van der Waals surface area contributed by atoms with E-state index in [1.54, 1.807) is 11.9 Å². The van der Waals surface area contributed by atoms with Gasteiger partial charge in [-0.25, -0.2) is 0 Å². The Bertz CT molecular complexity index is 427. The molecule has 0 aliphatic carbocycles. The summed E-state index contributed by atoms with van der Waals surface area (Å²) in [4.78, 5) is 13.9. The van der Waals surface area contributed by atoms with Gasteiger partial charge in [-0.15, -0.1) is 12.4 Å². The number of carbonyl (C=O) groups is 1. The Hall–Kier alpha value is -1.00. The van der Waals surface area contributed by atoms with E-state index in [-0.39, 0.29) is 23.7 Å². The Morgan fingerprint density at radius 3 is 2.47 bits per heavy atom. The zero-order chi connectivity index (χ0) is 13.9. The van der Waals surface area contributed by atoms with Crippen molar-refractivity contribution >= 4 is 18.3 Å². The summed E-state index contributed by atoms with van der Waals surface area (Å²) in [5.41, 5.74) is 6.63. The highest BCUT2D eigenvalue weighted by molar-refractivity contribution is 5.91. The summed E-state index contributed by atoms with van der Waals surface area (Å²) in [6, 6.07) is 1.81. The maximum atomic E-state index is 12.2. The minimum atomic E-state index is -0.0840. The quantitative estimate of drug-likeness (QED) is 0.906. The van der Waals surface area contributed by atoms with Crippen LogP contribution in [0.2, 0.25) is 0 Å². The molecule has 0 unspecified atom stereocenters. The van der Waals surface area contributed by atoms with Gasteiger partial charge in [0, 0.05) is 20.0 Å². The van der Waals surface area contributed by atoms with Crippen LogP contribution in [0.5, 0.6) is 0 Å². The molecule has 110 valence electrons. The number of rotatable bonds is 5. The molecule has 0 saturated heterocycles. The summed E-state index contributed by atoms with van der Waals surface area (Å²) < 4.78 is 5.57. The van der Waals surface area contributed by atoms with E-state index < -0.39 is 0 Å². The molecule has 0 aromatic carbocycles. The zero-order valence-corrected chi connectivity index (χ0v) is 13.3. The fourth-order valence-corrected chi connectivity index (χ4v) is 1.94. The predicted molar refractivity (Wildman–Crippen MR) is 79.9 cm³/mol. The number of hydrogen-bond acceptors (Lipinski definition) is 3. The second-order valence-corrected chi connectivity index (χ2v) is 5.60. The third-order valence-corrected chi connectivity index (χ3v) is 3.12. The lowest BCUT2D eigenvalue weighted by atomic mass is 9.93. The molecule has 19 heavy (non-hydrogen) atoms. The Balaban J connectivity index is 0.00000324. The van der Waals surface area contributed by atoms with Gasteiger partial charge in [-0.2, -0.15) is 0 Å². The van der Waals surface area contributed by atoms with Gasteiger partial charge < -0.3 is 15.1 Å². The van der Waals surface area contributed by atoms with Gasteiger partial charge in [0.15, 0.2) is 5.76 Å². The Morgan fingerprint density at radius 1 is 1.47 bits per heavy atom. The van der Waals surface area contributed by atoms with Crippen LogP contribution in [-0.2, 0) is 6.42 Å². The molecule has 0 radical (unpaired) electrons. The maximum absolute atomic E-state index is 12.2. The van der Waals surface area contributed by atoms with Crippen LogP contribution in [0.15, 0.2) is 10.5 Å². The number of halogens is 1.